The first-order valence-electron chi connectivity index (χ1n) is 9.15. The maximum atomic E-state index is 13.4. The lowest BCUT2D eigenvalue weighted by molar-refractivity contribution is 0.0533. The number of hydrogen-bond donors (Lipinski definition) is 1. The Balaban J connectivity index is 1.76. The van der Waals surface area contributed by atoms with Crippen molar-refractivity contribution < 1.29 is 9.90 Å². The van der Waals surface area contributed by atoms with Crippen LogP contribution in [0.2, 0.25) is 0 Å². The van der Waals surface area contributed by atoms with Gasteiger partial charge in [-0.15, -0.1) is 0 Å². The van der Waals surface area contributed by atoms with Crippen molar-refractivity contribution in [2.75, 3.05) is 6.61 Å². The van der Waals surface area contributed by atoms with E-state index in [1.165, 1.54) is 4.68 Å². The summed E-state index contributed by atoms with van der Waals surface area (Å²) in [5.41, 5.74) is 3.99. The first-order valence-corrected chi connectivity index (χ1v) is 9.15. The third-order valence-electron chi connectivity index (χ3n) is 5.24. The van der Waals surface area contributed by atoms with E-state index in [-0.39, 0.29) is 29.8 Å². The quantitative estimate of drug-likeness (QED) is 0.766. The summed E-state index contributed by atoms with van der Waals surface area (Å²) in [6.07, 6.45) is 0.587. The van der Waals surface area contributed by atoms with E-state index in [9.17, 15) is 15.2 Å². The number of amides is 1. The molecule has 0 aliphatic carbocycles. The fourth-order valence-electron chi connectivity index (χ4n) is 3.80. The molecule has 140 valence electrons. The second-order valence-corrected chi connectivity index (χ2v) is 6.92. The zero-order chi connectivity index (χ0) is 19.7. The van der Waals surface area contributed by atoms with Crippen LogP contribution in [-0.4, -0.2) is 38.3 Å². The van der Waals surface area contributed by atoms with E-state index >= 15 is 0 Å². The molecule has 1 N–H and O–H groups in total. The van der Waals surface area contributed by atoms with E-state index in [0.29, 0.717) is 18.7 Å². The molecule has 0 saturated heterocycles. The summed E-state index contributed by atoms with van der Waals surface area (Å²) in [5, 5.41) is 24.1. The molecule has 2 aromatic carbocycles. The van der Waals surface area contributed by atoms with Crippen LogP contribution >= 0.6 is 0 Å². The van der Waals surface area contributed by atoms with Crippen LogP contribution in [0.3, 0.4) is 0 Å². The zero-order valence-corrected chi connectivity index (χ0v) is 15.5. The molecule has 0 bridgehead atoms. The number of fused-ring (bicyclic) bond motifs is 1. The Hall–Kier alpha value is -3.43. The van der Waals surface area contributed by atoms with Gasteiger partial charge in [-0.3, -0.25) is 9.48 Å². The highest BCUT2D eigenvalue weighted by Gasteiger charge is 2.33. The Kier molecular flexibility index (Phi) is 4.68. The van der Waals surface area contributed by atoms with Gasteiger partial charge >= 0.3 is 0 Å². The standard InChI is InChI=1S/C22H20N4O2/c1-25-21(19(12-23)20(24-25)15-7-3-2-4-8-15)22(28)26-13-17-10-6-5-9-16(17)11-18(26)14-27/h2-10,18,27H,11,13-14H2,1H3/t18-/m1/s1. The van der Waals surface area contributed by atoms with Crippen LogP contribution in [0.15, 0.2) is 54.6 Å². The number of carbonyl (C=O) groups excluding carboxylic acids is 1. The second-order valence-electron chi connectivity index (χ2n) is 6.92. The Bertz CT molecular complexity index is 1070. The van der Waals surface area contributed by atoms with Crippen molar-refractivity contribution in [2.24, 2.45) is 7.05 Å². The Morgan fingerprint density at radius 2 is 1.86 bits per heavy atom. The predicted molar refractivity (Wildman–Crippen MR) is 104 cm³/mol. The van der Waals surface area contributed by atoms with Crippen LogP contribution < -0.4 is 0 Å². The van der Waals surface area contributed by atoms with Gasteiger partial charge in [0.1, 0.15) is 23.0 Å². The van der Waals surface area contributed by atoms with E-state index in [1.807, 2.05) is 54.6 Å². The number of aromatic nitrogens is 2. The molecule has 28 heavy (non-hydrogen) atoms. The molecule has 4 rings (SSSR count). The number of nitriles is 1. The van der Waals surface area contributed by atoms with Gasteiger partial charge in [-0.2, -0.15) is 10.4 Å². The predicted octanol–water partition coefficient (Wildman–Crippen LogP) is 2.52. The van der Waals surface area contributed by atoms with Crippen molar-refractivity contribution in [3.8, 4) is 17.3 Å². The normalized spacial score (nSPS) is 15.8. The second kappa shape index (κ2) is 7.29. The molecule has 0 radical (unpaired) electrons. The Labute approximate surface area is 163 Å². The number of aliphatic hydroxyl groups is 1. The number of benzene rings is 2. The highest BCUT2D eigenvalue weighted by molar-refractivity contribution is 5.97. The Morgan fingerprint density at radius 1 is 1.18 bits per heavy atom. The molecular weight excluding hydrogens is 352 g/mol. The maximum Gasteiger partial charge on any atom is 0.274 e. The molecule has 1 aliphatic rings. The lowest BCUT2D eigenvalue weighted by Crippen LogP contribution is -2.47. The summed E-state index contributed by atoms with van der Waals surface area (Å²) in [6, 6.07) is 19.1. The van der Waals surface area contributed by atoms with Crippen LogP contribution in [0.1, 0.15) is 27.2 Å². The maximum absolute atomic E-state index is 13.4. The monoisotopic (exact) mass is 372 g/mol. The number of rotatable bonds is 3. The summed E-state index contributed by atoms with van der Waals surface area (Å²) in [6.45, 7) is 0.266. The molecule has 0 unspecified atom stereocenters. The molecule has 1 amide bonds. The SMILES string of the molecule is Cn1nc(-c2ccccc2)c(C#N)c1C(=O)N1Cc2ccccc2C[C@@H]1CO. The summed E-state index contributed by atoms with van der Waals surface area (Å²) in [5.74, 6) is -0.290. The molecule has 0 fully saturated rings. The van der Waals surface area contributed by atoms with Crippen molar-refractivity contribution in [2.45, 2.75) is 19.0 Å². The molecule has 2 heterocycles. The molecule has 3 aromatic rings. The number of carbonyl (C=O) groups is 1. The molecule has 1 aromatic heterocycles. The molecule has 0 spiro atoms. The topological polar surface area (TPSA) is 82.2 Å². The molecule has 0 saturated carbocycles. The molecule has 6 heteroatoms. The van der Waals surface area contributed by atoms with Crippen molar-refractivity contribution in [1.29, 1.82) is 5.26 Å². The van der Waals surface area contributed by atoms with Crippen molar-refractivity contribution in [3.05, 3.63) is 77.0 Å². The van der Waals surface area contributed by atoms with E-state index in [2.05, 4.69) is 11.2 Å². The Morgan fingerprint density at radius 3 is 2.54 bits per heavy atom. The molecule has 1 atom stereocenters. The lowest BCUT2D eigenvalue weighted by atomic mass is 9.93. The van der Waals surface area contributed by atoms with E-state index in [1.54, 1.807) is 11.9 Å². The van der Waals surface area contributed by atoms with Crippen LogP contribution in [0.25, 0.3) is 11.3 Å². The van der Waals surface area contributed by atoms with Crippen LogP contribution in [-0.2, 0) is 20.0 Å². The highest BCUT2D eigenvalue weighted by atomic mass is 16.3. The summed E-state index contributed by atoms with van der Waals surface area (Å²) in [4.78, 5) is 15.1. The highest BCUT2D eigenvalue weighted by Crippen LogP contribution is 2.29. The molecule has 6 nitrogen and oxygen atoms in total. The minimum Gasteiger partial charge on any atom is -0.394 e. The van der Waals surface area contributed by atoms with Gasteiger partial charge in [-0.05, 0) is 17.5 Å². The summed E-state index contributed by atoms with van der Waals surface area (Å²) in [7, 11) is 1.67. The first-order chi connectivity index (χ1) is 13.6. The summed E-state index contributed by atoms with van der Waals surface area (Å²) >= 11 is 0. The minimum absolute atomic E-state index is 0.134. The van der Waals surface area contributed by atoms with Crippen molar-refractivity contribution in [1.82, 2.24) is 14.7 Å². The van der Waals surface area contributed by atoms with Crippen molar-refractivity contribution >= 4 is 5.91 Å². The molecular formula is C22H20N4O2. The van der Waals surface area contributed by atoms with Gasteiger partial charge in [0, 0.05) is 19.2 Å². The van der Waals surface area contributed by atoms with Gasteiger partial charge in [0.25, 0.3) is 5.91 Å². The number of aryl methyl sites for hydroxylation is 1. The van der Waals surface area contributed by atoms with E-state index < -0.39 is 0 Å². The van der Waals surface area contributed by atoms with E-state index in [4.69, 9.17) is 0 Å². The number of aliphatic hydroxyl groups excluding tert-OH is 1. The van der Waals surface area contributed by atoms with Gasteiger partial charge < -0.3 is 10.0 Å². The van der Waals surface area contributed by atoms with Gasteiger partial charge in [-0.25, -0.2) is 0 Å². The third-order valence-corrected chi connectivity index (χ3v) is 5.24. The minimum atomic E-state index is -0.330. The van der Waals surface area contributed by atoms with Gasteiger partial charge in [-0.1, -0.05) is 54.6 Å². The van der Waals surface area contributed by atoms with Gasteiger partial charge in [0.05, 0.1) is 12.6 Å². The third kappa shape index (κ3) is 2.96. The molecule has 1 aliphatic heterocycles. The van der Waals surface area contributed by atoms with Gasteiger partial charge in [0.2, 0.25) is 0 Å². The fraction of sp³-hybridized carbons (Fsp3) is 0.227. The van der Waals surface area contributed by atoms with Crippen LogP contribution in [0, 0.1) is 11.3 Å². The number of nitrogens with zero attached hydrogens (tertiary/aromatic N) is 4. The zero-order valence-electron chi connectivity index (χ0n) is 15.5. The fourth-order valence-corrected chi connectivity index (χ4v) is 3.80. The average Bonchev–Trinajstić information content (AvgIpc) is 3.09. The van der Waals surface area contributed by atoms with Gasteiger partial charge in [0.15, 0.2) is 0 Å². The van der Waals surface area contributed by atoms with Crippen LogP contribution in [0.4, 0.5) is 0 Å². The van der Waals surface area contributed by atoms with E-state index in [0.717, 1.165) is 16.7 Å². The summed E-state index contributed by atoms with van der Waals surface area (Å²) < 4.78 is 1.47. The largest absolute Gasteiger partial charge is 0.394 e. The van der Waals surface area contributed by atoms with Crippen LogP contribution in [0.5, 0.6) is 0 Å². The average molecular weight is 372 g/mol. The number of hydrogen-bond acceptors (Lipinski definition) is 4. The van der Waals surface area contributed by atoms with Crippen molar-refractivity contribution in [3.63, 3.8) is 0 Å². The first kappa shape index (κ1) is 18.0. The smallest absolute Gasteiger partial charge is 0.274 e. The lowest BCUT2D eigenvalue weighted by Gasteiger charge is -2.36.